The number of carbonyl (C=O) groups excluding carboxylic acids is 1. The van der Waals surface area contributed by atoms with E-state index in [9.17, 15) is 4.79 Å². The second kappa shape index (κ2) is 7.06. The molecular formula is C16H16N4O. The van der Waals surface area contributed by atoms with Crippen LogP contribution >= 0.6 is 0 Å². The quantitative estimate of drug-likeness (QED) is 0.881. The topological polar surface area (TPSA) is 77.8 Å². The molecule has 5 nitrogen and oxygen atoms in total. The first-order chi connectivity index (χ1) is 10.2. The van der Waals surface area contributed by atoms with Crippen molar-refractivity contribution in [3.05, 3.63) is 59.4 Å². The molecule has 0 unspecified atom stereocenters. The average molecular weight is 280 g/mol. The summed E-state index contributed by atoms with van der Waals surface area (Å²) < 4.78 is 0. The van der Waals surface area contributed by atoms with Gasteiger partial charge in [0.15, 0.2) is 0 Å². The number of nitrogens with one attached hydrogen (secondary N) is 2. The van der Waals surface area contributed by atoms with Crippen molar-refractivity contribution in [2.24, 2.45) is 0 Å². The zero-order valence-electron chi connectivity index (χ0n) is 11.8. The molecule has 0 atom stereocenters. The van der Waals surface area contributed by atoms with Gasteiger partial charge >= 0.3 is 0 Å². The predicted octanol–water partition coefficient (Wildman–Crippen LogP) is 2.32. The molecule has 5 heteroatoms. The minimum atomic E-state index is -0.220. The van der Waals surface area contributed by atoms with Crippen LogP contribution in [0, 0.1) is 11.3 Å². The fourth-order valence-corrected chi connectivity index (χ4v) is 1.81. The summed E-state index contributed by atoms with van der Waals surface area (Å²) in [6, 6.07) is 12.7. The van der Waals surface area contributed by atoms with Crippen LogP contribution in [0.2, 0.25) is 0 Å². The van der Waals surface area contributed by atoms with E-state index in [1.54, 1.807) is 24.4 Å². The Balaban J connectivity index is 1.93. The number of amides is 1. The third-order valence-corrected chi connectivity index (χ3v) is 2.91. The zero-order valence-corrected chi connectivity index (χ0v) is 11.8. The van der Waals surface area contributed by atoms with Crippen molar-refractivity contribution in [1.82, 2.24) is 10.3 Å². The summed E-state index contributed by atoms with van der Waals surface area (Å²) in [5, 5.41) is 14.6. The van der Waals surface area contributed by atoms with Crippen molar-refractivity contribution < 1.29 is 4.79 Å². The maximum atomic E-state index is 12.0. The van der Waals surface area contributed by atoms with Crippen LogP contribution in [0.5, 0.6) is 0 Å². The highest BCUT2D eigenvalue weighted by Crippen LogP contribution is 2.06. The molecule has 2 rings (SSSR count). The molecule has 2 aromatic rings. The number of carbonyl (C=O) groups is 1. The highest BCUT2D eigenvalue weighted by Gasteiger charge is 2.06. The smallest absolute Gasteiger partial charge is 0.270 e. The number of nitrogens with zero attached hydrogens (tertiary/aromatic N) is 2. The summed E-state index contributed by atoms with van der Waals surface area (Å²) in [5.41, 5.74) is 2.81. The van der Waals surface area contributed by atoms with E-state index in [1.165, 1.54) is 0 Å². The molecule has 0 aliphatic rings. The highest BCUT2D eigenvalue weighted by atomic mass is 16.1. The number of pyridine rings is 1. The number of anilines is 1. The van der Waals surface area contributed by atoms with E-state index in [0.29, 0.717) is 17.8 Å². The minimum absolute atomic E-state index is 0.220. The lowest BCUT2D eigenvalue weighted by atomic mass is 10.1. The normalized spacial score (nSPS) is 9.71. The Hall–Kier alpha value is -2.87. The second-order valence-corrected chi connectivity index (χ2v) is 4.45. The molecule has 21 heavy (non-hydrogen) atoms. The van der Waals surface area contributed by atoms with E-state index >= 15 is 0 Å². The van der Waals surface area contributed by atoms with Gasteiger partial charge in [0.2, 0.25) is 0 Å². The Morgan fingerprint density at radius 3 is 2.57 bits per heavy atom. The monoisotopic (exact) mass is 280 g/mol. The van der Waals surface area contributed by atoms with Gasteiger partial charge in [-0.2, -0.15) is 5.26 Å². The van der Waals surface area contributed by atoms with Crippen LogP contribution in [-0.4, -0.2) is 17.4 Å². The molecule has 106 valence electrons. The van der Waals surface area contributed by atoms with Crippen molar-refractivity contribution >= 4 is 11.6 Å². The zero-order chi connectivity index (χ0) is 15.1. The predicted molar refractivity (Wildman–Crippen MR) is 80.7 cm³/mol. The van der Waals surface area contributed by atoms with Crippen LogP contribution in [0.25, 0.3) is 0 Å². The maximum Gasteiger partial charge on any atom is 0.270 e. The number of aromatic nitrogens is 1. The van der Waals surface area contributed by atoms with Crippen LogP contribution in [0.4, 0.5) is 5.69 Å². The van der Waals surface area contributed by atoms with Gasteiger partial charge in [0.1, 0.15) is 5.69 Å². The Morgan fingerprint density at radius 2 is 2.00 bits per heavy atom. The summed E-state index contributed by atoms with van der Waals surface area (Å²) in [4.78, 5) is 16.1. The van der Waals surface area contributed by atoms with Gasteiger partial charge in [-0.15, -0.1) is 0 Å². The summed E-state index contributed by atoms with van der Waals surface area (Å²) in [6.07, 6.45) is 1.64. The lowest BCUT2D eigenvalue weighted by Crippen LogP contribution is -2.23. The Labute approximate surface area is 123 Å². The third kappa shape index (κ3) is 4.05. The maximum absolute atomic E-state index is 12.0. The summed E-state index contributed by atoms with van der Waals surface area (Å²) in [5.74, 6) is -0.220. The molecule has 1 aromatic heterocycles. The van der Waals surface area contributed by atoms with Gasteiger partial charge in [-0.05, 0) is 36.8 Å². The summed E-state index contributed by atoms with van der Waals surface area (Å²) in [6.45, 7) is 3.21. The fraction of sp³-hybridized carbons (Fsp3) is 0.188. The SMILES string of the molecule is CCNc1ccc(C(=O)NCc2ccc(C#N)cc2)nc1. The Bertz CT molecular complexity index is 641. The first-order valence-corrected chi connectivity index (χ1v) is 6.70. The van der Waals surface area contributed by atoms with Gasteiger partial charge in [0, 0.05) is 13.1 Å². The molecule has 1 aromatic carbocycles. The first kappa shape index (κ1) is 14.5. The molecule has 0 radical (unpaired) electrons. The third-order valence-electron chi connectivity index (χ3n) is 2.91. The summed E-state index contributed by atoms with van der Waals surface area (Å²) >= 11 is 0. The Morgan fingerprint density at radius 1 is 1.24 bits per heavy atom. The first-order valence-electron chi connectivity index (χ1n) is 6.70. The molecule has 0 spiro atoms. The molecule has 0 fully saturated rings. The van der Waals surface area contributed by atoms with Gasteiger partial charge in [0.05, 0.1) is 23.5 Å². The van der Waals surface area contributed by atoms with Crippen LogP contribution in [0.3, 0.4) is 0 Å². The van der Waals surface area contributed by atoms with Crippen molar-refractivity contribution in [1.29, 1.82) is 5.26 Å². The van der Waals surface area contributed by atoms with Crippen LogP contribution in [0.1, 0.15) is 28.5 Å². The van der Waals surface area contributed by atoms with Crippen LogP contribution < -0.4 is 10.6 Å². The molecule has 1 amide bonds. The molecular weight excluding hydrogens is 264 g/mol. The molecule has 1 heterocycles. The van der Waals surface area contributed by atoms with Gasteiger partial charge in [0.25, 0.3) is 5.91 Å². The van der Waals surface area contributed by atoms with Crippen LogP contribution in [-0.2, 0) is 6.54 Å². The van der Waals surface area contributed by atoms with E-state index in [2.05, 4.69) is 21.7 Å². The van der Waals surface area contributed by atoms with Crippen LogP contribution in [0.15, 0.2) is 42.6 Å². The second-order valence-electron chi connectivity index (χ2n) is 4.45. The fourth-order valence-electron chi connectivity index (χ4n) is 1.81. The van der Waals surface area contributed by atoms with Crippen molar-refractivity contribution in [2.75, 3.05) is 11.9 Å². The van der Waals surface area contributed by atoms with Crippen molar-refractivity contribution in [3.8, 4) is 6.07 Å². The van der Waals surface area contributed by atoms with Crippen molar-refractivity contribution in [2.45, 2.75) is 13.5 Å². The Kier molecular flexibility index (Phi) is 4.89. The number of benzene rings is 1. The molecule has 0 aliphatic heterocycles. The van der Waals surface area contributed by atoms with Gasteiger partial charge in [-0.1, -0.05) is 12.1 Å². The van der Waals surface area contributed by atoms with E-state index in [-0.39, 0.29) is 5.91 Å². The summed E-state index contributed by atoms with van der Waals surface area (Å²) in [7, 11) is 0. The standard InChI is InChI=1S/C16H16N4O/c1-2-18-14-7-8-15(19-11-14)16(21)20-10-13-5-3-12(9-17)4-6-13/h3-8,11,18H,2,10H2,1H3,(H,20,21). The minimum Gasteiger partial charge on any atom is -0.384 e. The number of rotatable bonds is 5. The van der Waals surface area contributed by atoms with E-state index in [0.717, 1.165) is 17.8 Å². The molecule has 2 N–H and O–H groups in total. The van der Waals surface area contributed by atoms with Gasteiger partial charge in [-0.3, -0.25) is 4.79 Å². The molecule has 0 saturated carbocycles. The van der Waals surface area contributed by atoms with Gasteiger partial charge in [-0.25, -0.2) is 4.98 Å². The number of hydrogen-bond donors (Lipinski definition) is 2. The molecule has 0 aliphatic carbocycles. The average Bonchev–Trinajstić information content (AvgIpc) is 2.54. The number of nitriles is 1. The van der Waals surface area contributed by atoms with E-state index < -0.39 is 0 Å². The molecule has 0 bridgehead atoms. The number of hydrogen-bond acceptors (Lipinski definition) is 4. The molecule has 0 saturated heterocycles. The lowest BCUT2D eigenvalue weighted by Gasteiger charge is -2.06. The van der Waals surface area contributed by atoms with Crippen molar-refractivity contribution in [3.63, 3.8) is 0 Å². The van der Waals surface area contributed by atoms with E-state index in [4.69, 9.17) is 5.26 Å². The lowest BCUT2D eigenvalue weighted by molar-refractivity contribution is 0.0946. The largest absolute Gasteiger partial charge is 0.384 e. The highest BCUT2D eigenvalue weighted by molar-refractivity contribution is 5.92. The van der Waals surface area contributed by atoms with E-state index in [1.807, 2.05) is 25.1 Å². The van der Waals surface area contributed by atoms with Gasteiger partial charge < -0.3 is 10.6 Å².